The molecular formula is C8H13NO3. The van der Waals surface area contributed by atoms with Crippen molar-refractivity contribution in [2.24, 2.45) is 5.41 Å². The van der Waals surface area contributed by atoms with Gasteiger partial charge in [0.05, 0.1) is 12.2 Å². The first-order chi connectivity index (χ1) is 5.68. The third-order valence-electron chi connectivity index (χ3n) is 4.04. The van der Waals surface area contributed by atoms with Crippen LogP contribution in [-0.4, -0.2) is 45.7 Å². The van der Waals surface area contributed by atoms with Crippen molar-refractivity contribution in [3.05, 3.63) is 0 Å². The molecule has 0 aromatic rings. The number of rotatable bonds is 0. The minimum Gasteiger partial charge on any atom is -0.390 e. The highest BCUT2D eigenvalue weighted by atomic mass is 16.4. The molecular weight excluding hydrogens is 158 g/mol. The zero-order valence-corrected chi connectivity index (χ0v) is 6.64. The topological polar surface area (TPSA) is 72.7 Å². The van der Waals surface area contributed by atoms with Gasteiger partial charge in [0.15, 0.2) is 0 Å². The Hall–Kier alpha value is -0.160. The molecule has 12 heavy (non-hydrogen) atoms. The SMILES string of the molecule is OC1C(O)C2NC3CCC32C1O. The standard InChI is InChI=1S/C8H13NO3/c10-4-5(11)7(12)8-2-1-3(8)9-6(4)8/h3-7,9-12H,1-2H2. The summed E-state index contributed by atoms with van der Waals surface area (Å²) in [7, 11) is 0. The highest BCUT2D eigenvalue weighted by Gasteiger charge is 2.73. The van der Waals surface area contributed by atoms with E-state index in [1.54, 1.807) is 0 Å². The molecule has 3 rings (SSSR count). The van der Waals surface area contributed by atoms with Crippen molar-refractivity contribution in [1.29, 1.82) is 0 Å². The van der Waals surface area contributed by atoms with Gasteiger partial charge in [0.25, 0.3) is 0 Å². The quantitative estimate of drug-likeness (QED) is 0.347. The molecule has 0 radical (unpaired) electrons. The molecule has 0 aromatic heterocycles. The Morgan fingerprint density at radius 1 is 1.17 bits per heavy atom. The predicted molar refractivity (Wildman–Crippen MR) is 40.4 cm³/mol. The second-order valence-electron chi connectivity index (χ2n) is 4.27. The lowest BCUT2D eigenvalue weighted by Crippen LogP contribution is -2.78. The Kier molecular flexibility index (Phi) is 1.12. The zero-order valence-electron chi connectivity index (χ0n) is 6.64. The molecule has 2 aliphatic carbocycles. The molecule has 2 saturated carbocycles. The van der Waals surface area contributed by atoms with E-state index in [4.69, 9.17) is 0 Å². The van der Waals surface area contributed by atoms with Crippen LogP contribution in [0.25, 0.3) is 0 Å². The summed E-state index contributed by atoms with van der Waals surface area (Å²) in [6.07, 6.45) is -0.459. The number of nitrogens with one attached hydrogen (secondary N) is 1. The molecule has 1 aliphatic heterocycles. The maximum atomic E-state index is 9.69. The fourth-order valence-corrected chi connectivity index (χ4v) is 3.16. The number of hydrogen-bond acceptors (Lipinski definition) is 4. The van der Waals surface area contributed by atoms with E-state index in [9.17, 15) is 15.3 Å². The molecule has 1 spiro atoms. The van der Waals surface area contributed by atoms with Crippen LogP contribution < -0.4 is 5.32 Å². The fraction of sp³-hybridized carbons (Fsp3) is 1.00. The Balaban J connectivity index is 1.96. The van der Waals surface area contributed by atoms with E-state index in [0.717, 1.165) is 12.8 Å². The normalized spacial score (nSPS) is 67.8. The van der Waals surface area contributed by atoms with Crippen molar-refractivity contribution < 1.29 is 15.3 Å². The molecule has 3 aliphatic rings. The van der Waals surface area contributed by atoms with Crippen molar-refractivity contribution in [3.63, 3.8) is 0 Å². The highest BCUT2D eigenvalue weighted by molar-refractivity contribution is 5.27. The third-order valence-corrected chi connectivity index (χ3v) is 4.04. The van der Waals surface area contributed by atoms with Gasteiger partial charge in [0, 0.05) is 17.5 Å². The highest BCUT2D eigenvalue weighted by Crippen LogP contribution is 2.59. The second kappa shape index (κ2) is 1.85. The average molecular weight is 171 g/mol. The first kappa shape index (κ1) is 7.26. The number of aliphatic hydroxyl groups excluding tert-OH is 3. The van der Waals surface area contributed by atoms with Crippen LogP contribution >= 0.6 is 0 Å². The van der Waals surface area contributed by atoms with Crippen LogP contribution in [0.3, 0.4) is 0 Å². The molecule has 1 saturated heterocycles. The molecule has 0 bridgehead atoms. The van der Waals surface area contributed by atoms with E-state index < -0.39 is 18.3 Å². The summed E-state index contributed by atoms with van der Waals surface area (Å²) in [5, 5.41) is 31.8. The van der Waals surface area contributed by atoms with Gasteiger partial charge in [-0.2, -0.15) is 0 Å². The first-order valence-corrected chi connectivity index (χ1v) is 4.48. The van der Waals surface area contributed by atoms with E-state index in [1.807, 2.05) is 0 Å². The van der Waals surface area contributed by atoms with E-state index in [2.05, 4.69) is 5.32 Å². The van der Waals surface area contributed by atoms with Crippen LogP contribution in [0.2, 0.25) is 0 Å². The van der Waals surface area contributed by atoms with E-state index in [1.165, 1.54) is 0 Å². The minimum absolute atomic E-state index is 0.0683. The van der Waals surface area contributed by atoms with Gasteiger partial charge < -0.3 is 20.6 Å². The van der Waals surface area contributed by atoms with E-state index in [-0.39, 0.29) is 11.5 Å². The van der Waals surface area contributed by atoms with Crippen LogP contribution in [0.15, 0.2) is 0 Å². The molecule has 1 heterocycles. The molecule has 0 amide bonds. The molecule has 4 nitrogen and oxygen atoms in total. The van der Waals surface area contributed by atoms with Gasteiger partial charge >= 0.3 is 0 Å². The summed E-state index contributed by atoms with van der Waals surface area (Å²) < 4.78 is 0. The maximum Gasteiger partial charge on any atom is 0.108 e. The van der Waals surface area contributed by atoms with E-state index >= 15 is 0 Å². The Labute approximate surface area is 70.2 Å². The lowest BCUT2D eigenvalue weighted by atomic mass is 9.54. The summed E-state index contributed by atoms with van der Waals surface area (Å²) in [4.78, 5) is 0. The third kappa shape index (κ3) is 0.484. The second-order valence-corrected chi connectivity index (χ2v) is 4.27. The molecule has 0 aromatic carbocycles. The van der Waals surface area contributed by atoms with Crippen LogP contribution in [0.5, 0.6) is 0 Å². The molecule has 68 valence electrons. The molecule has 4 N–H and O–H groups in total. The van der Waals surface area contributed by atoms with Gasteiger partial charge in [-0.1, -0.05) is 0 Å². The fourth-order valence-electron chi connectivity index (χ4n) is 3.16. The summed E-state index contributed by atoms with van der Waals surface area (Å²) in [6.45, 7) is 0. The van der Waals surface area contributed by atoms with Crippen molar-refractivity contribution in [3.8, 4) is 0 Å². The summed E-state index contributed by atoms with van der Waals surface area (Å²) in [5.41, 5.74) is -0.182. The number of hydrogen-bond donors (Lipinski definition) is 4. The van der Waals surface area contributed by atoms with Crippen LogP contribution in [0.1, 0.15) is 12.8 Å². The molecule has 6 unspecified atom stereocenters. The van der Waals surface area contributed by atoms with Gasteiger partial charge in [-0.05, 0) is 12.8 Å². The van der Waals surface area contributed by atoms with Crippen LogP contribution in [0, 0.1) is 5.41 Å². The summed E-state index contributed by atoms with van der Waals surface area (Å²) >= 11 is 0. The van der Waals surface area contributed by atoms with E-state index in [0.29, 0.717) is 6.04 Å². The Morgan fingerprint density at radius 3 is 2.25 bits per heavy atom. The van der Waals surface area contributed by atoms with Gasteiger partial charge in [-0.25, -0.2) is 0 Å². The Bertz CT molecular complexity index is 222. The van der Waals surface area contributed by atoms with Crippen molar-refractivity contribution in [2.75, 3.05) is 0 Å². The lowest BCUT2D eigenvalue weighted by molar-refractivity contribution is -0.142. The van der Waals surface area contributed by atoms with Crippen LogP contribution in [-0.2, 0) is 0 Å². The van der Waals surface area contributed by atoms with Crippen LogP contribution in [0.4, 0.5) is 0 Å². The number of piperidine rings is 1. The predicted octanol–water partition coefficient (Wildman–Crippen LogP) is -1.80. The van der Waals surface area contributed by atoms with Crippen molar-refractivity contribution in [2.45, 2.75) is 43.2 Å². The smallest absolute Gasteiger partial charge is 0.108 e. The zero-order chi connectivity index (χ0) is 8.51. The molecule has 4 heteroatoms. The van der Waals surface area contributed by atoms with Gasteiger partial charge in [-0.3, -0.25) is 0 Å². The average Bonchev–Trinajstić information content (AvgIpc) is 2.21. The summed E-state index contributed by atoms with van der Waals surface area (Å²) in [5.74, 6) is 0. The number of aliphatic hydroxyl groups is 3. The van der Waals surface area contributed by atoms with Crippen molar-refractivity contribution in [1.82, 2.24) is 5.32 Å². The monoisotopic (exact) mass is 171 g/mol. The van der Waals surface area contributed by atoms with Gasteiger partial charge in [0.2, 0.25) is 0 Å². The molecule has 6 atom stereocenters. The lowest BCUT2D eigenvalue weighted by Gasteiger charge is -2.63. The molecule has 3 fully saturated rings. The largest absolute Gasteiger partial charge is 0.390 e. The van der Waals surface area contributed by atoms with Gasteiger partial charge in [0.1, 0.15) is 6.10 Å². The minimum atomic E-state index is -0.951. The van der Waals surface area contributed by atoms with Gasteiger partial charge in [-0.15, -0.1) is 0 Å². The van der Waals surface area contributed by atoms with Crippen molar-refractivity contribution >= 4 is 0 Å². The summed E-state index contributed by atoms with van der Waals surface area (Å²) in [6, 6.07) is 0.269. The maximum absolute atomic E-state index is 9.69. The first-order valence-electron chi connectivity index (χ1n) is 4.48. The Morgan fingerprint density at radius 2 is 1.92 bits per heavy atom.